The van der Waals surface area contributed by atoms with Gasteiger partial charge in [0.1, 0.15) is 6.10 Å². The van der Waals surface area contributed by atoms with Crippen LogP contribution in [0.4, 0.5) is 0 Å². The first-order chi connectivity index (χ1) is 12.6. The average molecular weight is 375 g/mol. The monoisotopic (exact) mass is 374 g/mol. The number of carbonyl (C=O) groups is 1. The van der Waals surface area contributed by atoms with Crippen molar-refractivity contribution in [3.63, 3.8) is 0 Å². The Hall–Kier alpha value is -0.690. The van der Waals surface area contributed by atoms with E-state index in [4.69, 9.17) is 23.7 Å². The summed E-state index contributed by atoms with van der Waals surface area (Å²) in [7, 11) is 0. The summed E-state index contributed by atoms with van der Waals surface area (Å²) in [5, 5.41) is 0. The highest BCUT2D eigenvalue weighted by Gasteiger charge is 2.32. The fourth-order valence-electron chi connectivity index (χ4n) is 2.86. The van der Waals surface area contributed by atoms with Gasteiger partial charge in [-0.3, -0.25) is 4.79 Å². The first kappa shape index (κ1) is 23.3. The van der Waals surface area contributed by atoms with Crippen molar-refractivity contribution in [3.8, 4) is 0 Å². The third-order valence-corrected chi connectivity index (χ3v) is 4.82. The van der Waals surface area contributed by atoms with Crippen molar-refractivity contribution in [3.05, 3.63) is 0 Å². The zero-order chi connectivity index (χ0) is 19.4. The highest BCUT2D eigenvalue weighted by molar-refractivity contribution is 5.69. The zero-order valence-corrected chi connectivity index (χ0v) is 17.2. The zero-order valence-electron chi connectivity index (χ0n) is 17.2. The third-order valence-electron chi connectivity index (χ3n) is 4.82. The Labute approximate surface area is 158 Å². The number of carbonyl (C=O) groups excluding carboxylic acids is 1. The lowest BCUT2D eigenvalue weighted by Gasteiger charge is -2.37. The quantitative estimate of drug-likeness (QED) is 0.630. The summed E-state index contributed by atoms with van der Waals surface area (Å²) in [5.41, 5.74) is 0. The molecule has 0 bridgehead atoms. The van der Waals surface area contributed by atoms with Crippen LogP contribution in [0.1, 0.15) is 66.7 Å². The Morgan fingerprint density at radius 2 is 1.19 bits per heavy atom. The molecule has 0 N–H and O–H groups in total. The summed E-state index contributed by atoms with van der Waals surface area (Å²) >= 11 is 0. The van der Waals surface area contributed by atoms with Gasteiger partial charge in [-0.15, -0.1) is 0 Å². The van der Waals surface area contributed by atoms with E-state index in [1.165, 1.54) is 0 Å². The summed E-state index contributed by atoms with van der Waals surface area (Å²) in [5.74, 6) is 0.745. The standard InChI is InChI=1S/C12H22O4.C8H16O2/c1-3-11-13-5-9(6-14-11)10-7-15-12(4-2)16-8-10;1-4-7(5-2)10-8(9)6-3/h9-12H,3-8H2,1-2H3;7H,4-6H2,1-3H3. The second-order valence-corrected chi connectivity index (χ2v) is 6.81. The SMILES string of the molecule is CCC(=O)OC(CC)CC.CCC1OCC(C2COC(CC)OC2)CO1. The Bertz CT molecular complexity index is 333. The highest BCUT2D eigenvalue weighted by Crippen LogP contribution is 2.25. The molecular weight excluding hydrogens is 336 g/mol. The molecule has 154 valence electrons. The van der Waals surface area contributed by atoms with Crippen LogP contribution in [0, 0.1) is 11.8 Å². The first-order valence-electron chi connectivity index (χ1n) is 10.2. The number of esters is 1. The summed E-state index contributed by atoms with van der Waals surface area (Å²) in [6.45, 7) is 13.1. The minimum Gasteiger partial charge on any atom is -0.462 e. The van der Waals surface area contributed by atoms with Crippen LogP contribution in [0.2, 0.25) is 0 Å². The van der Waals surface area contributed by atoms with E-state index >= 15 is 0 Å². The second-order valence-electron chi connectivity index (χ2n) is 6.81. The van der Waals surface area contributed by atoms with Gasteiger partial charge in [-0.05, 0) is 25.7 Å². The molecule has 0 atom stereocenters. The van der Waals surface area contributed by atoms with Gasteiger partial charge < -0.3 is 23.7 Å². The maximum atomic E-state index is 10.7. The van der Waals surface area contributed by atoms with Crippen molar-refractivity contribution in [2.75, 3.05) is 26.4 Å². The van der Waals surface area contributed by atoms with Crippen LogP contribution in [0.15, 0.2) is 0 Å². The smallest absolute Gasteiger partial charge is 0.305 e. The third kappa shape index (κ3) is 8.33. The molecule has 2 aliphatic heterocycles. The largest absolute Gasteiger partial charge is 0.462 e. The van der Waals surface area contributed by atoms with E-state index in [1.54, 1.807) is 0 Å². The van der Waals surface area contributed by atoms with Crippen LogP contribution in [0.25, 0.3) is 0 Å². The van der Waals surface area contributed by atoms with Crippen LogP contribution in [0.3, 0.4) is 0 Å². The minimum absolute atomic E-state index is 0.00920. The molecule has 0 aliphatic carbocycles. The van der Waals surface area contributed by atoms with E-state index in [0.29, 0.717) is 18.3 Å². The van der Waals surface area contributed by atoms with E-state index in [9.17, 15) is 4.79 Å². The van der Waals surface area contributed by atoms with Gasteiger partial charge in [-0.25, -0.2) is 0 Å². The van der Waals surface area contributed by atoms with Gasteiger partial charge in [0.15, 0.2) is 12.6 Å². The molecule has 0 aromatic rings. The molecular formula is C20H38O6. The van der Waals surface area contributed by atoms with Gasteiger partial charge >= 0.3 is 5.97 Å². The van der Waals surface area contributed by atoms with Crippen molar-refractivity contribution in [2.45, 2.75) is 85.4 Å². The Balaban J connectivity index is 0.000000294. The summed E-state index contributed by atoms with van der Waals surface area (Å²) in [6.07, 6.45) is 4.27. The van der Waals surface area contributed by atoms with Crippen molar-refractivity contribution in [1.82, 2.24) is 0 Å². The van der Waals surface area contributed by atoms with E-state index in [2.05, 4.69) is 13.8 Å². The number of ether oxygens (including phenoxy) is 5. The summed E-state index contributed by atoms with van der Waals surface area (Å²) in [6, 6.07) is 0. The van der Waals surface area contributed by atoms with E-state index in [-0.39, 0.29) is 24.7 Å². The number of rotatable bonds is 7. The van der Waals surface area contributed by atoms with E-state index in [1.807, 2.05) is 20.8 Å². The fraction of sp³-hybridized carbons (Fsp3) is 0.950. The molecule has 0 aromatic carbocycles. The second kappa shape index (κ2) is 13.5. The minimum atomic E-state index is -0.0892. The maximum Gasteiger partial charge on any atom is 0.305 e. The van der Waals surface area contributed by atoms with Crippen molar-refractivity contribution >= 4 is 5.97 Å². The van der Waals surface area contributed by atoms with Crippen LogP contribution in [0.5, 0.6) is 0 Å². The first-order valence-corrected chi connectivity index (χ1v) is 10.2. The summed E-state index contributed by atoms with van der Waals surface area (Å²) in [4.78, 5) is 10.7. The molecule has 0 unspecified atom stereocenters. The van der Waals surface area contributed by atoms with E-state index < -0.39 is 0 Å². The van der Waals surface area contributed by atoms with Crippen LogP contribution < -0.4 is 0 Å². The Kier molecular flexibility index (Phi) is 12.1. The maximum absolute atomic E-state index is 10.7. The molecule has 2 heterocycles. The fourth-order valence-corrected chi connectivity index (χ4v) is 2.86. The topological polar surface area (TPSA) is 63.2 Å². The molecule has 6 heteroatoms. The lowest BCUT2D eigenvalue weighted by molar-refractivity contribution is -0.247. The van der Waals surface area contributed by atoms with Gasteiger partial charge in [0.2, 0.25) is 0 Å². The number of hydrogen-bond acceptors (Lipinski definition) is 6. The van der Waals surface area contributed by atoms with Crippen molar-refractivity contribution in [1.29, 1.82) is 0 Å². The van der Waals surface area contributed by atoms with Gasteiger partial charge in [-0.1, -0.05) is 34.6 Å². The Morgan fingerprint density at radius 3 is 1.46 bits per heavy atom. The highest BCUT2D eigenvalue weighted by atomic mass is 16.7. The van der Waals surface area contributed by atoms with Gasteiger partial charge in [0, 0.05) is 18.3 Å². The van der Waals surface area contributed by atoms with Gasteiger partial charge in [0.25, 0.3) is 0 Å². The molecule has 2 rings (SSSR count). The lowest BCUT2D eigenvalue weighted by Crippen LogP contribution is -2.42. The van der Waals surface area contributed by atoms with Gasteiger partial charge in [0.05, 0.1) is 26.4 Å². The average Bonchev–Trinajstić information content (AvgIpc) is 2.72. The van der Waals surface area contributed by atoms with Crippen LogP contribution >= 0.6 is 0 Å². The molecule has 2 fully saturated rings. The molecule has 2 saturated heterocycles. The van der Waals surface area contributed by atoms with Crippen molar-refractivity contribution < 1.29 is 28.5 Å². The molecule has 0 amide bonds. The lowest BCUT2D eigenvalue weighted by atomic mass is 9.94. The molecule has 2 aliphatic rings. The normalized spacial score (nSPS) is 29.0. The Morgan fingerprint density at radius 1 is 0.808 bits per heavy atom. The molecule has 6 nitrogen and oxygen atoms in total. The van der Waals surface area contributed by atoms with Crippen molar-refractivity contribution in [2.24, 2.45) is 11.8 Å². The molecule has 0 radical (unpaired) electrons. The predicted molar refractivity (Wildman–Crippen MR) is 99.7 cm³/mol. The summed E-state index contributed by atoms with van der Waals surface area (Å²) < 4.78 is 27.5. The molecule has 26 heavy (non-hydrogen) atoms. The van der Waals surface area contributed by atoms with Crippen LogP contribution in [-0.2, 0) is 28.5 Å². The molecule has 0 aromatic heterocycles. The predicted octanol–water partition coefficient (Wildman–Crippen LogP) is 3.91. The number of hydrogen-bond donors (Lipinski definition) is 0. The molecule has 0 spiro atoms. The van der Waals surface area contributed by atoms with Gasteiger partial charge in [-0.2, -0.15) is 0 Å². The van der Waals surface area contributed by atoms with E-state index in [0.717, 1.165) is 52.1 Å². The van der Waals surface area contributed by atoms with Crippen LogP contribution in [-0.4, -0.2) is 51.1 Å². The molecule has 0 saturated carbocycles.